The van der Waals surface area contributed by atoms with Gasteiger partial charge in [0.05, 0.1) is 5.60 Å². The third-order valence-corrected chi connectivity index (χ3v) is 7.62. The van der Waals surface area contributed by atoms with Crippen LogP contribution >= 0.6 is 23.2 Å². The van der Waals surface area contributed by atoms with Crippen molar-refractivity contribution in [2.45, 2.75) is 43.9 Å². The minimum atomic E-state index is -0.775. The molecule has 0 spiro atoms. The Morgan fingerprint density at radius 2 is 1.68 bits per heavy atom. The summed E-state index contributed by atoms with van der Waals surface area (Å²) >= 11 is 12.5. The number of benzene rings is 2. The van der Waals surface area contributed by atoms with Crippen LogP contribution in [0.2, 0.25) is 10.0 Å². The second-order valence-electron chi connectivity index (χ2n) is 8.88. The molecule has 31 heavy (non-hydrogen) atoms. The molecule has 2 aromatic rings. The molecule has 5 rings (SSSR count). The Balaban J connectivity index is 1.14. The van der Waals surface area contributed by atoms with Gasteiger partial charge in [0.2, 0.25) is 6.79 Å². The first kappa shape index (κ1) is 21.4. The molecule has 2 aromatic carbocycles. The van der Waals surface area contributed by atoms with Crippen molar-refractivity contribution in [1.82, 2.24) is 9.80 Å². The van der Waals surface area contributed by atoms with E-state index in [0.29, 0.717) is 6.04 Å². The van der Waals surface area contributed by atoms with Gasteiger partial charge in [0, 0.05) is 48.8 Å². The summed E-state index contributed by atoms with van der Waals surface area (Å²) in [5.74, 6) is 1.50. The molecule has 0 radical (unpaired) electrons. The fourth-order valence-corrected chi connectivity index (χ4v) is 5.48. The fourth-order valence-electron chi connectivity index (χ4n) is 5.11. The maximum Gasteiger partial charge on any atom is 0.231 e. The van der Waals surface area contributed by atoms with E-state index in [2.05, 4.69) is 9.80 Å². The first-order chi connectivity index (χ1) is 15.0. The van der Waals surface area contributed by atoms with E-state index in [0.717, 1.165) is 91.1 Å². The zero-order valence-corrected chi connectivity index (χ0v) is 19.0. The Morgan fingerprint density at radius 3 is 2.45 bits per heavy atom. The first-order valence-electron chi connectivity index (χ1n) is 11.0. The molecule has 5 nitrogen and oxygen atoms in total. The number of hydrogen-bond acceptors (Lipinski definition) is 5. The minimum absolute atomic E-state index is 0.259. The summed E-state index contributed by atoms with van der Waals surface area (Å²) in [6.45, 7) is 5.23. The van der Waals surface area contributed by atoms with Crippen LogP contribution in [0.1, 0.15) is 36.8 Å². The molecule has 1 saturated heterocycles. The van der Waals surface area contributed by atoms with Crippen LogP contribution in [0.5, 0.6) is 11.5 Å². The largest absolute Gasteiger partial charge is 0.454 e. The second-order valence-corrected chi connectivity index (χ2v) is 9.72. The van der Waals surface area contributed by atoms with Crippen LogP contribution in [0.15, 0.2) is 36.4 Å². The van der Waals surface area contributed by atoms with Crippen molar-refractivity contribution in [3.8, 4) is 11.5 Å². The number of hydrogen-bond donors (Lipinski definition) is 1. The van der Waals surface area contributed by atoms with Crippen molar-refractivity contribution < 1.29 is 14.6 Å². The topological polar surface area (TPSA) is 45.2 Å². The van der Waals surface area contributed by atoms with E-state index < -0.39 is 5.60 Å². The van der Waals surface area contributed by atoms with Gasteiger partial charge in [-0.3, -0.25) is 9.80 Å². The van der Waals surface area contributed by atoms with Gasteiger partial charge in [0.15, 0.2) is 11.5 Å². The van der Waals surface area contributed by atoms with E-state index in [1.165, 1.54) is 0 Å². The molecule has 0 amide bonds. The van der Waals surface area contributed by atoms with Gasteiger partial charge in [-0.15, -0.1) is 0 Å². The Morgan fingerprint density at radius 1 is 0.935 bits per heavy atom. The lowest BCUT2D eigenvalue weighted by atomic mass is 9.77. The van der Waals surface area contributed by atoms with Crippen molar-refractivity contribution in [2.24, 2.45) is 0 Å². The van der Waals surface area contributed by atoms with Crippen molar-refractivity contribution in [1.29, 1.82) is 0 Å². The lowest BCUT2D eigenvalue weighted by molar-refractivity contribution is -0.0321. The molecule has 1 N–H and O–H groups in total. The molecule has 1 saturated carbocycles. The molecule has 0 bridgehead atoms. The van der Waals surface area contributed by atoms with Crippen LogP contribution in [0.3, 0.4) is 0 Å². The maximum atomic E-state index is 11.3. The standard InChI is InChI=1S/C24H28Cl2N2O3/c25-19-2-3-21(26)17(13-19)15-27-9-11-28(12-10-27)20-5-7-24(29,8-6-20)18-1-4-22-23(14-18)31-16-30-22/h1-4,13-14,20,29H,5-12,15-16H2. The van der Waals surface area contributed by atoms with Crippen molar-refractivity contribution >= 4 is 23.2 Å². The highest BCUT2D eigenvalue weighted by Crippen LogP contribution is 2.42. The van der Waals surface area contributed by atoms with Crippen LogP contribution in [0, 0.1) is 0 Å². The van der Waals surface area contributed by atoms with Crippen LogP contribution in [-0.4, -0.2) is 53.9 Å². The number of halogens is 2. The summed E-state index contributed by atoms with van der Waals surface area (Å²) in [6, 6.07) is 12.0. The van der Waals surface area contributed by atoms with Gasteiger partial charge in [-0.05, 0) is 67.1 Å². The van der Waals surface area contributed by atoms with E-state index >= 15 is 0 Å². The van der Waals surface area contributed by atoms with E-state index in [-0.39, 0.29) is 6.79 Å². The first-order valence-corrected chi connectivity index (χ1v) is 11.8. The van der Waals surface area contributed by atoms with E-state index in [4.69, 9.17) is 32.7 Å². The van der Waals surface area contributed by atoms with Crippen LogP contribution in [-0.2, 0) is 12.1 Å². The summed E-state index contributed by atoms with van der Waals surface area (Å²) < 4.78 is 10.9. The molecular formula is C24H28Cl2N2O3. The Labute approximate surface area is 193 Å². The quantitative estimate of drug-likeness (QED) is 0.714. The highest BCUT2D eigenvalue weighted by molar-refractivity contribution is 6.33. The molecule has 0 aromatic heterocycles. The normalized spacial score (nSPS) is 26.9. The Hall–Kier alpha value is -1.50. The predicted octanol–water partition coefficient (Wildman–Crippen LogP) is 4.67. The van der Waals surface area contributed by atoms with E-state index in [1.807, 2.05) is 36.4 Å². The second kappa shape index (κ2) is 8.80. The maximum absolute atomic E-state index is 11.3. The number of nitrogens with zero attached hydrogens (tertiary/aromatic N) is 2. The summed E-state index contributed by atoms with van der Waals surface area (Å²) in [7, 11) is 0. The average Bonchev–Trinajstić information content (AvgIpc) is 3.26. The average molecular weight is 463 g/mol. The number of rotatable bonds is 4. The van der Waals surface area contributed by atoms with Crippen molar-refractivity contribution in [3.05, 3.63) is 57.6 Å². The molecule has 2 aliphatic heterocycles. The van der Waals surface area contributed by atoms with Gasteiger partial charge in [-0.25, -0.2) is 0 Å². The summed E-state index contributed by atoms with van der Waals surface area (Å²) in [5.41, 5.74) is 1.26. The summed E-state index contributed by atoms with van der Waals surface area (Å²) in [5, 5.41) is 12.8. The highest BCUT2D eigenvalue weighted by Gasteiger charge is 2.38. The summed E-state index contributed by atoms with van der Waals surface area (Å²) in [6.07, 6.45) is 3.56. The zero-order valence-electron chi connectivity index (χ0n) is 17.5. The van der Waals surface area contributed by atoms with Crippen LogP contribution < -0.4 is 9.47 Å². The van der Waals surface area contributed by atoms with E-state index in [9.17, 15) is 5.11 Å². The SMILES string of the molecule is OC1(c2ccc3c(c2)OCO3)CCC(N2CCN(Cc3cc(Cl)ccc3Cl)CC2)CC1. The molecular weight excluding hydrogens is 435 g/mol. The molecule has 0 atom stereocenters. The third-order valence-electron chi connectivity index (χ3n) is 7.02. The number of aliphatic hydroxyl groups is 1. The van der Waals surface area contributed by atoms with Gasteiger partial charge in [-0.1, -0.05) is 29.3 Å². The number of piperazine rings is 1. The van der Waals surface area contributed by atoms with Gasteiger partial charge in [0.25, 0.3) is 0 Å². The molecule has 1 aliphatic carbocycles. The molecule has 166 valence electrons. The lowest BCUT2D eigenvalue weighted by Gasteiger charge is -2.44. The molecule has 2 heterocycles. The van der Waals surface area contributed by atoms with Gasteiger partial charge >= 0.3 is 0 Å². The zero-order chi connectivity index (χ0) is 21.4. The summed E-state index contributed by atoms with van der Waals surface area (Å²) in [4.78, 5) is 5.04. The number of ether oxygens (including phenoxy) is 2. The minimum Gasteiger partial charge on any atom is -0.454 e. The van der Waals surface area contributed by atoms with Crippen molar-refractivity contribution in [2.75, 3.05) is 33.0 Å². The van der Waals surface area contributed by atoms with Crippen LogP contribution in [0.4, 0.5) is 0 Å². The highest BCUT2D eigenvalue weighted by atomic mass is 35.5. The van der Waals surface area contributed by atoms with Crippen LogP contribution in [0.25, 0.3) is 0 Å². The Bertz CT molecular complexity index is 938. The monoisotopic (exact) mass is 462 g/mol. The fraction of sp³-hybridized carbons (Fsp3) is 0.500. The van der Waals surface area contributed by atoms with Crippen molar-refractivity contribution in [3.63, 3.8) is 0 Å². The molecule has 3 aliphatic rings. The number of fused-ring (bicyclic) bond motifs is 1. The van der Waals surface area contributed by atoms with Gasteiger partial charge in [-0.2, -0.15) is 0 Å². The lowest BCUT2D eigenvalue weighted by Crippen LogP contribution is -2.51. The van der Waals surface area contributed by atoms with Gasteiger partial charge < -0.3 is 14.6 Å². The molecule has 2 fully saturated rings. The van der Waals surface area contributed by atoms with Gasteiger partial charge in [0.1, 0.15) is 0 Å². The molecule has 7 heteroatoms. The third kappa shape index (κ3) is 4.53. The smallest absolute Gasteiger partial charge is 0.231 e. The Kier molecular flexibility index (Phi) is 6.06. The van der Waals surface area contributed by atoms with E-state index in [1.54, 1.807) is 0 Å². The predicted molar refractivity (Wildman–Crippen MR) is 122 cm³/mol. The molecule has 0 unspecified atom stereocenters.